The summed E-state index contributed by atoms with van der Waals surface area (Å²) >= 11 is 6.58. The first kappa shape index (κ1) is 26.4. The standard InChI is InChI=1S/C29H27NO5S2/c1-3-19(2)21-10-12-24(13-11-21)34-14-15-35-25-9-4-6-20(16-25)17-26-27(31)30(29(36)37-26)23-8-5-7-22(18-23)28(32)33/h4-13,16-19H,3,14-15H2,1-2H3,(H,32,33)/b26-17-/t19-/m0/s1. The Kier molecular flexibility index (Phi) is 8.63. The third kappa shape index (κ3) is 6.58. The highest BCUT2D eigenvalue weighted by atomic mass is 32.2. The van der Waals surface area contributed by atoms with Crippen LogP contribution in [0.15, 0.2) is 77.7 Å². The predicted octanol–water partition coefficient (Wildman–Crippen LogP) is 6.76. The van der Waals surface area contributed by atoms with Crippen molar-refractivity contribution in [3.63, 3.8) is 0 Å². The van der Waals surface area contributed by atoms with Gasteiger partial charge in [0.15, 0.2) is 4.32 Å². The van der Waals surface area contributed by atoms with Gasteiger partial charge in [-0.15, -0.1) is 0 Å². The number of nitrogens with zero attached hydrogens (tertiary/aromatic N) is 1. The topological polar surface area (TPSA) is 76.1 Å². The second-order valence-electron chi connectivity index (χ2n) is 8.52. The number of rotatable bonds is 10. The highest BCUT2D eigenvalue weighted by Crippen LogP contribution is 2.36. The number of carbonyl (C=O) groups is 2. The molecular weight excluding hydrogens is 506 g/mol. The Labute approximate surface area is 225 Å². The summed E-state index contributed by atoms with van der Waals surface area (Å²) in [5, 5.41) is 9.26. The Morgan fingerprint density at radius 2 is 1.73 bits per heavy atom. The Morgan fingerprint density at radius 1 is 1.03 bits per heavy atom. The molecule has 1 saturated heterocycles. The number of carboxylic acid groups (broad SMARTS) is 1. The summed E-state index contributed by atoms with van der Waals surface area (Å²) in [5.74, 6) is 0.634. The number of benzene rings is 3. The fourth-order valence-corrected chi connectivity index (χ4v) is 5.06. The lowest BCUT2D eigenvalue weighted by molar-refractivity contribution is -0.113. The molecule has 0 bridgehead atoms. The quantitative estimate of drug-likeness (QED) is 0.175. The third-order valence-electron chi connectivity index (χ3n) is 5.98. The van der Waals surface area contributed by atoms with E-state index in [9.17, 15) is 14.7 Å². The number of hydrogen-bond acceptors (Lipinski definition) is 6. The van der Waals surface area contributed by atoms with Crippen molar-refractivity contribution in [2.75, 3.05) is 18.1 Å². The summed E-state index contributed by atoms with van der Waals surface area (Å²) in [6.45, 7) is 5.16. The molecule has 0 aliphatic carbocycles. The van der Waals surface area contributed by atoms with Crippen LogP contribution in [0.3, 0.4) is 0 Å². The maximum absolute atomic E-state index is 13.1. The van der Waals surface area contributed by atoms with Crippen molar-refractivity contribution in [3.8, 4) is 11.5 Å². The average Bonchev–Trinajstić information content (AvgIpc) is 3.19. The van der Waals surface area contributed by atoms with E-state index >= 15 is 0 Å². The maximum atomic E-state index is 13.1. The average molecular weight is 534 g/mol. The molecule has 6 nitrogen and oxygen atoms in total. The van der Waals surface area contributed by atoms with Gasteiger partial charge < -0.3 is 14.6 Å². The summed E-state index contributed by atoms with van der Waals surface area (Å²) in [4.78, 5) is 26.2. The van der Waals surface area contributed by atoms with Gasteiger partial charge in [0.1, 0.15) is 24.7 Å². The fourth-order valence-electron chi connectivity index (χ4n) is 3.76. The molecule has 1 N–H and O–H groups in total. The van der Waals surface area contributed by atoms with Crippen LogP contribution >= 0.6 is 24.0 Å². The van der Waals surface area contributed by atoms with Crippen LogP contribution in [0.1, 0.15) is 47.7 Å². The van der Waals surface area contributed by atoms with Gasteiger partial charge in [-0.25, -0.2) is 4.79 Å². The van der Waals surface area contributed by atoms with E-state index in [0.29, 0.717) is 39.8 Å². The van der Waals surface area contributed by atoms with Gasteiger partial charge >= 0.3 is 5.97 Å². The van der Waals surface area contributed by atoms with Gasteiger partial charge in [-0.2, -0.15) is 0 Å². The van der Waals surface area contributed by atoms with Gasteiger partial charge in [0.25, 0.3) is 5.91 Å². The molecule has 3 aromatic carbocycles. The molecule has 190 valence electrons. The zero-order chi connectivity index (χ0) is 26.4. The summed E-state index contributed by atoms with van der Waals surface area (Å²) < 4.78 is 12.0. The number of hydrogen-bond donors (Lipinski definition) is 1. The molecular formula is C29H27NO5S2. The van der Waals surface area contributed by atoms with Crippen molar-refractivity contribution in [1.29, 1.82) is 0 Å². The number of carboxylic acids is 1. The molecule has 0 aromatic heterocycles. The summed E-state index contributed by atoms with van der Waals surface area (Å²) in [6.07, 6.45) is 2.85. The second kappa shape index (κ2) is 12.1. The third-order valence-corrected chi connectivity index (χ3v) is 7.29. The van der Waals surface area contributed by atoms with Crippen LogP contribution in [0.2, 0.25) is 0 Å². The molecule has 0 radical (unpaired) electrons. The normalized spacial score (nSPS) is 15.2. The van der Waals surface area contributed by atoms with Crippen molar-refractivity contribution in [2.45, 2.75) is 26.2 Å². The van der Waals surface area contributed by atoms with Crippen LogP contribution < -0.4 is 14.4 Å². The molecule has 3 aromatic rings. The monoisotopic (exact) mass is 533 g/mol. The van der Waals surface area contributed by atoms with E-state index in [1.165, 1.54) is 34.4 Å². The number of amides is 1. The first-order chi connectivity index (χ1) is 17.9. The van der Waals surface area contributed by atoms with Crippen molar-refractivity contribution >= 4 is 51.9 Å². The molecule has 1 heterocycles. The minimum atomic E-state index is -1.07. The van der Waals surface area contributed by atoms with E-state index in [-0.39, 0.29) is 11.5 Å². The molecule has 1 atom stereocenters. The number of ether oxygens (including phenoxy) is 2. The molecule has 0 unspecified atom stereocenters. The van der Waals surface area contributed by atoms with Crippen LogP contribution in [0.5, 0.6) is 11.5 Å². The van der Waals surface area contributed by atoms with E-state index in [1.807, 2.05) is 36.4 Å². The van der Waals surface area contributed by atoms with Gasteiger partial charge in [-0.1, -0.05) is 68.2 Å². The highest BCUT2D eigenvalue weighted by molar-refractivity contribution is 8.27. The van der Waals surface area contributed by atoms with Gasteiger partial charge in [-0.3, -0.25) is 9.69 Å². The van der Waals surface area contributed by atoms with Crippen molar-refractivity contribution < 1.29 is 24.2 Å². The number of aromatic carboxylic acids is 1. The zero-order valence-corrected chi connectivity index (χ0v) is 22.2. The van der Waals surface area contributed by atoms with Crippen LogP contribution in [0.25, 0.3) is 6.08 Å². The maximum Gasteiger partial charge on any atom is 0.335 e. The number of carbonyl (C=O) groups excluding carboxylic acids is 1. The number of anilines is 1. The van der Waals surface area contributed by atoms with E-state index in [2.05, 4.69) is 26.0 Å². The van der Waals surface area contributed by atoms with E-state index in [0.717, 1.165) is 17.7 Å². The van der Waals surface area contributed by atoms with Gasteiger partial charge in [0.2, 0.25) is 0 Å². The molecule has 1 amide bonds. The molecule has 1 fully saturated rings. The fraction of sp³-hybridized carbons (Fsp3) is 0.207. The van der Waals surface area contributed by atoms with E-state index in [4.69, 9.17) is 21.7 Å². The lowest BCUT2D eigenvalue weighted by atomic mass is 9.99. The highest BCUT2D eigenvalue weighted by Gasteiger charge is 2.33. The zero-order valence-electron chi connectivity index (χ0n) is 20.5. The first-order valence-electron chi connectivity index (χ1n) is 11.9. The molecule has 0 saturated carbocycles. The number of thiocarbonyl (C=S) groups is 1. The van der Waals surface area contributed by atoms with Crippen LogP contribution in [-0.2, 0) is 4.79 Å². The molecule has 1 aliphatic heterocycles. The minimum absolute atomic E-state index is 0.0902. The number of thioether (sulfide) groups is 1. The minimum Gasteiger partial charge on any atom is -0.490 e. The van der Waals surface area contributed by atoms with Crippen molar-refractivity contribution in [3.05, 3.63) is 94.4 Å². The van der Waals surface area contributed by atoms with Crippen molar-refractivity contribution in [1.82, 2.24) is 0 Å². The molecule has 8 heteroatoms. The Morgan fingerprint density at radius 3 is 2.43 bits per heavy atom. The Hall–Kier alpha value is -3.62. The summed E-state index contributed by atoms with van der Waals surface area (Å²) in [5.41, 5.74) is 2.61. The first-order valence-corrected chi connectivity index (χ1v) is 13.1. The SMILES string of the molecule is CC[C@H](C)c1ccc(OCCOc2cccc(/C=C3\SC(=S)N(c4cccc(C(=O)O)c4)C3=O)c2)cc1. The van der Waals surface area contributed by atoms with Crippen LogP contribution in [0, 0.1) is 0 Å². The molecule has 4 rings (SSSR count). The van der Waals surface area contributed by atoms with Gasteiger partial charge in [0, 0.05) is 0 Å². The smallest absolute Gasteiger partial charge is 0.335 e. The summed E-state index contributed by atoms with van der Waals surface area (Å²) in [7, 11) is 0. The van der Waals surface area contributed by atoms with Gasteiger partial charge in [-0.05, 0) is 72.0 Å². The van der Waals surface area contributed by atoms with Crippen LogP contribution in [0.4, 0.5) is 5.69 Å². The van der Waals surface area contributed by atoms with Gasteiger partial charge in [0.05, 0.1) is 16.2 Å². The summed E-state index contributed by atoms with van der Waals surface area (Å²) in [6, 6.07) is 21.7. The van der Waals surface area contributed by atoms with E-state index in [1.54, 1.807) is 18.2 Å². The predicted molar refractivity (Wildman–Crippen MR) is 152 cm³/mol. The molecule has 37 heavy (non-hydrogen) atoms. The lowest BCUT2D eigenvalue weighted by Crippen LogP contribution is -2.27. The Bertz CT molecular complexity index is 1340. The van der Waals surface area contributed by atoms with Crippen LogP contribution in [-0.4, -0.2) is 34.5 Å². The van der Waals surface area contributed by atoms with E-state index < -0.39 is 5.97 Å². The van der Waals surface area contributed by atoms with Crippen molar-refractivity contribution in [2.24, 2.45) is 0 Å². The Balaban J connectivity index is 1.36. The second-order valence-corrected chi connectivity index (χ2v) is 10.2. The molecule has 1 aliphatic rings. The molecule has 0 spiro atoms. The largest absolute Gasteiger partial charge is 0.490 e. The lowest BCUT2D eigenvalue weighted by Gasteiger charge is -2.14.